The third-order valence-electron chi connectivity index (χ3n) is 4.29. The molecule has 118 valence electrons. The Kier molecular flexibility index (Phi) is 7.20. The molecule has 0 amide bonds. The summed E-state index contributed by atoms with van der Waals surface area (Å²) in [6.45, 7) is 3.19. The van der Waals surface area contributed by atoms with Crippen molar-refractivity contribution in [2.45, 2.75) is 63.7 Å². The van der Waals surface area contributed by atoms with Crippen molar-refractivity contribution in [3.05, 3.63) is 35.9 Å². The Morgan fingerprint density at radius 1 is 1.19 bits per heavy atom. The first kappa shape index (κ1) is 16.5. The van der Waals surface area contributed by atoms with Crippen molar-refractivity contribution >= 4 is 0 Å². The fourth-order valence-electron chi connectivity index (χ4n) is 3.00. The number of hydrogen-bond donors (Lipinski definition) is 2. The molecule has 1 aliphatic rings. The van der Waals surface area contributed by atoms with Gasteiger partial charge in [0.05, 0.1) is 18.8 Å². The molecule has 0 radical (unpaired) electrons. The van der Waals surface area contributed by atoms with Crippen LogP contribution in [-0.2, 0) is 4.74 Å². The van der Waals surface area contributed by atoms with Gasteiger partial charge in [-0.3, -0.25) is 0 Å². The van der Waals surface area contributed by atoms with Crippen LogP contribution in [0.3, 0.4) is 0 Å². The molecule has 21 heavy (non-hydrogen) atoms. The summed E-state index contributed by atoms with van der Waals surface area (Å²) in [7, 11) is 0. The highest BCUT2D eigenvalue weighted by Crippen LogP contribution is 2.20. The minimum absolute atomic E-state index is 0.301. The van der Waals surface area contributed by atoms with Gasteiger partial charge in [0.2, 0.25) is 0 Å². The zero-order valence-corrected chi connectivity index (χ0v) is 13.1. The van der Waals surface area contributed by atoms with Crippen LogP contribution < -0.4 is 5.32 Å². The van der Waals surface area contributed by atoms with E-state index in [1.165, 1.54) is 24.8 Å². The summed E-state index contributed by atoms with van der Waals surface area (Å²) < 4.78 is 5.83. The highest BCUT2D eigenvalue weighted by Gasteiger charge is 2.16. The van der Waals surface area contributed by atoms with Crippen molar-refractivity contribution in [2.75, 3.05) is 13.2 Å². The second-order valence-corrected chi connectivity index (χ2v) is 6.03. The quantitative estimate of drug-likeness (QED) is 0.771. The summed E-state index contributed by atoms with van der Waals surface area (Å²) in [6, 6.07) is 10.7. The molecule has 3 heteroatoms. The number of nitrogens with one attached hydrogen (secondary N) is 1. The summed E-state index contributed by atoms with van der Waals surface area (Å²) in [5, 5.41) is 13.5. The molecule has 0 saturated heterocycles. The normalized spacial score (nSPS) is 19.3. The van der Waals surface area contributed by atoms with E-state index in [1.807, 2.05) is 6.07 Å². The van der Waals surface area contributed by atoms with Gasteiger partial charge in [0.25, 0.3) is 0 Å². The molecule has 0 heterocycles. The Labute approximate surface area is 128 Å². The number of aliphatic hydroxyl groups is 1. The molecular weight excluding hydrogens is 262 g/mol. The van der Waals surface area contributed by atoms with E-state index in [-0.39, 0.29) is 0 Å². The second kappa shape index (κ2) is 9.19. The lowest BCUT2D eigenvalue weighted by Crippen LogP contribution is -2.34. The molecule has 0 spiro atoms. The third-order valence-corrected chi connectivity index (χ3v) is 4.29. The predicted molar refractivity (Wildman–Crippen MR) is 86.3 cm³/mol. The van der Waals surface area contributed by atoms with E-state index in [0.717, 1.165) is 19.3 Å². The Bertz CT molecular complexity index is 376. The van der Waals surface area contributed by atoms with Gasteiger partial charge in [0.15, 0.2) is 0 Å². The van der Waals surface area contributed by atoms with Gasteiger partial charge in [-0.25, -0.2) is 0 Å². The van der Waals surface area contributed by atoms with Crippen LogP contribution >= 0.6 is 0 Å². The molecule has 1 aromatic rings. The Hall–Kier alpha value is -0.900. The number of ether oxygens (including phenoxy) is 1. The minimum atomic E-state index is -0.426. The van der Waals surface area contributed by atoms with Crippen molar-refractivity contribution < 1.29 is 9.84 Å². The molecular formula is C18H29NO2. The standard InChI is InChI=1S/C18H29NO2/c1-2-18(15-9-5-3-6-10-15)19-13-16(20)14-21-17-11-7-4-8-12-17/h3,5-6,9-10,16-20H,2,4,7-8,11-14H2,1H3. The maximum Gasteiger partial charge on any atom is 0.0898 e. The molecule has 0 aromatic heterocycles. The molecule has 2 unspecified atom stereocenters. The summed E-state index contributed by atoms with van der Waals surface area (Å²) >= 11 is 0. The number of rotatable bonds is 8. The highest BCUT2D eigenvalue weighted by molar-refractivity contribution is 5.18. The van der Waals surface area contributed by atoms with E-state index in [4.69, 9.17) is 4.74 Å². The van der Waals surface area contributed by atoms with E-state index in [2.05, 4.69) is 36.5 Å². The first-order chi connectivity index (χ1) is 10.3. The largest absolute Gasteiger partial charge is 0.389 e. The summed E-state index contributed by atoms with van der Waals surface area (Å²) in [4.78, 5) is 0. The molecule has 0 bridgehead atoms. The predicted octanol–water partition coefficient (Wildman–Crippen LogP) is 3.44. The van der Waals surface area contributed by atoms with Gasteiger partial charge in [0.1, 0.15) is 0 Å². The van der Waals surface area contributed by atoms with Gasteiger partial charge < -0.3 is 15.2 Å². The van der Waals surface area contributed by atoms with Crippen LogP contribution in [0, 0.1) is 0 Å². The van der Waals surface area contributed by atoms with Crippen LogP contribution in [-0.4, -0.2) is 30.5 Å². The number of hydrogen-bond acceptors (Lipinski definition) is 3. The van der Waals surface area contributed by atoms with Gasteiger partial charge in [-0.1, -0.05) is 56.5 Å². The average Bonchev–Trinajstić information content (AvgIpc) is 2.55. The van der Waals surface area contributed by atoms with Crippen LogP contribution in [0.4, 0.5) is 0 Å². The zero-order chi connectivity index (χ0) is 14.9. The summed E-state index contributed by atoms with van der Waals surface area (Å²) in [5.41, 5.74) is 1.28. The lowest BCUT2D eigenvalue weighted by Gasteiger charge is -2.24. The van der Waals surface area contributed by atoms with Gasteiger partial charge in [-0.2, -0.15) is 0 Å². The first-order valence-electron chi connectivity index (χ1n) is 8.37. The van der Waals surface area contributed by atoms with Gasteiger partial charge in [-0.05, 0) is 24.8 Å². The van der Waals surface area contributed by atoms with Crippen molar-refractivity contribution in [3.63, 3.8) is 0 Å². The summed E-state index contributed by atoms with van der Waals surface area (Å²) in [5.74, 6) is 0. The maximum absolute atomic E-state index is 10.1. The van der Waals surface area contributed by atoms with Crippen molar-refractivity contribution in [2.24, 2.45) is 0 Å². The van der Waals surface area contributed by atoms with Gasteiger partial charge >= 0.3 is 0 Å². The number of aliphatic hydroxyl groups excluding tert-OH is 1. The summed E-state index contributed by atoms with van der Waals surface area (Å²) in [6.07, 6.45) is 7.13. The molecule has 1 saturated carbocycles. The van der Waals surface area contributed by atoms with E-state index in [0.29, 0.717) is 25.3 Å². The van der Waals surface area contributed by atoms with Crippen LogP contribution in [0.5, 0.6) is 0 Å². The van der Waals surface area contributed by atoms with Crippen molar-refractivity contribution in [1.29, 1.82) is 0 Å². The second-order valence-electron chi connectivity index (χ2n) is 6.03. The number of benzene rings is 1. The SMILES string of the molecule is CCC(NCC(O)COC1CCCCC1)c1ccccc1. The maximum atomic E-state index is 10.1. The van der Waals surface area contributed by atoms with E-state index >= 15 is 0 Å². The van der Waals surface area contributed by atoms with Crippen molar-refractivity contribution in [1.82, 2.24) is 5.32 Å². The monoisotopic (exact) mass is 291 g/mol. The van der Waals surface area contributed by atoms with Crippen LogP contribution in [0.25, 0.3) is 0 Å². The molecule has 1 fully saturated rings. The van der Waals surface area contributed by atoms with Crippen LogP contribution in [0.1, 0.15) is 57.1 Å². The van der Waals surface area contributed by atoms with Crippen LogP contribution in [0.2, 0.25) is 0 Å². The zero-order valence-electron chi connectivity index (χ0n) is 13.1. The first-order valence-corrected chi connectivity index (χ1v) is 8.37. The average molecular weight is 291 g/mol. The molecule has 2 atom stereocenters. The van der Waals surface area contributed by atoms with E-state index < -0.39 is 6.10 Å². The Morgan fingerprint density at radius 2 is 1.90 bits per heavy atom. The molecule has 1 aliphatic carbocycles. The Balaban J connectivity index is 1.68. The van der Waals surface area contributed by atoms with Gasteiger partial charge in [-0.15, -0.1) is 0 Å². The third kappa shape index (κ3) is 5.77. The molecule has 0 aliphatic heterocycles. The fourth-order valence-corrected chi connectivity index (χ4v) is 3.00. The van der Waals surface area contributed by atoms with Crippen LogP contribution in [0.15, 0.2) is 30.3 Å². The van der Waals surface area contributed by atoms with E-state index in [9.17, 15) is 5.11 Å². The highest BCUT2D eigenvalue weighted by atomic mass is 16.5. The Morgan fingerprint density at radius 3 is 2.57 bits per heavy atom. The fraction of sp³-hybridized carbons (Fsp3) is 0.667. The van der Waals surface area contributed by atoms with Crippen molar-refractivity contribution in [3.8, 4) is 0 Å². The minimum Gasteiger partial charge on any atom is -0.389 e. The topological polar surface area (TPSA) is 41.5 Å². The van der Waals surface area contributed by atoms with Gasteiger partial charge in [0, 0.05) is 12.6 Å². The molecule has 3 nitrogen and oxygen atoms in total. The lowest BCUT2D eigenvalue weighted by atomic mass is 9.98. The molecule has 2 N–H and O–H groups in total. The lowest BCUT2D eigenvalue weighted by molar-refractivity contribution is -0.0236. The smallest absolute Gasteiger partial charge is 0.0898 e. The van der Waals surface area contributed by atoms with E-state index in [1.54, 1.807) is 0 Å². The molecule has 2 rings (SSSR count). The molecule has 1 aromatic carbocycles.